The van der Waals surface area contributed by atoms with Crippen LogP contribution >= 0.6 is 0 Å². The predicted octanol–water partition coefficient (Wildman–Crippen LogP) is 2.63. The largest absolute Gasteiger partial charge is 0.494 e. The van der Waals surface area contributed by atoms with Crippen LogP contribution in [0.3, 0.4) is 0 Å². The molecule has 1 aliphatic carbocycles. The van der Waals surface area contributed by atoms with Gasteiger partial charge >= 0.3 is 7.12 Å². The summed E-state index contributed by atoms with van der Waals surface area (Å²) in [6, 6.07) is 8.03. The number of hydrogen-bond donors (Lipinski definition) is 0. The number of ether oxygens (including phenoxy) is 1. The lowest BCUT2D eigenvalue weighted by molar-refractivity contribution is 0.147. The highest BCUT2D eigenvalue weighted by atomic mass is 16.7. The Morgan fingerprint density at radius 2 is 2.13 bits per heavy atom. The fourth-order valence-electron chi connectivity index (χ4n) is 2.95. The van der Waals surface area contributed by atoms with E-state index in [1.165, 1.54) is 11.0 Å². The molecule has 1 fully saturated rings. The first-order valence-corrected chi connectivity index (χ1v) is 8.12. The molecule has 1 atom stereocenters. The SMILES string of the molecule is Cc1ccccc1OC[C@@H]1COB(C2=C(CN(C)C)CC=C2)O1. The van der Waals surface area contributed by atoms with Crippen molar-refractivity contribution in [2.24, 2.45) is 0 Å². The van der Waals surface area contributed by atoms with Gasteiger partial charge in [-0.25, -0.2) is 0 Å². The Bertz CT molecular complexity index is 612. The van der Waals surface area contributed by atoms with Crippen molar-refractivity contribution in [3.05, 3.63) is 53.0 Å². The fourth-order valence-corrected chi connectivity index (χ4v) is 2.95. The van der Waals surface area contributed by atoms with Crippen molar-refractivity contribution in [3.8, 4) is 5.75 Å². The highest BCUT2D eigenvalue weighted by Crippen LogP contribution is 2.26. The van der Waals surface area contributed by atoms with Crippen molar-refractivity contribution in [3.63, 3.8) is 0 Å². The molecule has 4 nitrogen and oxygen atoms in total. The van der Waals surface area contributed by atoms with Crippen LogP contribution in [0.5, 0.6) is 5.75 Å². The van der Waals surface area contributed by atoms with E-state index in [-0.39, 0.29) is 13.2 Å². The molecule has 1 heterocycles. The van der Waals surface area contributed by atoms with Gasteiger partial charge in [0.15, 0.2) is 0 Å². The Kier molecular flexibility index (Phi) is 5.21. The van der Waals surface area contributed by atoms with E-state index in [2.05, 4.69) is 31.1 Å². The first-order valence-electron chi connectivity index (χ1n) is 8.12. The zero-order valence-corrected chi connectivity index (χ0v) is 14.1. The van der Waals surface area contributed by atoms with Gasteiger partial charge in [0.25, 0.3) is 0 Å². The van der Waals surface area contributed by atoms with Crippen molar-refractivity contribution in [2.75, 3.05) is 33.9 Å². The quantitative estimate of drug-likeness (QED) is 0.756. The van der Waals surface area contributed by atoms with Crippen LogP contribution in [0, 0.1) is 6.92 Å². The average Bonchev–Trinajstić information content (AvgIpc) is 3.14. The molecular weight excluding hydrogens is 289 g/mol. The van der Waals surface area contributed by atoms with Gasteiger partial charge in [-0.3, -0.25) is 0 Å². The highest BCUT2D eigenvalue weighted by Gasteiger charge is 2.36. The van der Waals surface area contributed by atoms with Gasteiger partial charge in [-0.15, -0.1) is 0 Å². The minimum atomic E-state index is -0.255. The molecule has 0 unspecified atom stereocenters. The summed E-state index contributed by atoms with van der Waals surface area (Å²) in [6.45, 7) is 4.08. The van der Waals surface area contributed by atoms with E-state index >= 15 is 0 Å². The molecule has 122 valence electrons. The Hall–Kier alpha value is -1.56. The maximum Gasteiger partial charge on any atom is 0.494 e. The summed E-state index contributed by atoms with van der Waals surface area (Å²) in [5.74, 6) is 0.910. The van der Waals surface area contributed by atoms with E-state index < -0.39 is 0 Å². The molecule has 2 aliphatic rings. The maximum absolute atomic E-state index is 6.04. The van der Waals surface area contributed by atoms with Crippen LogP contribution in [0.4, 0.5) is 0 Å². The molecule has 1 aromatic rings. The fraction of sp³-hybridized carbons (Fsp3) is 0.444. The number of allylic oxidation sites excluding steroid dienone is 3. The van der Waals surface area contributed by atoms with Crippen LogP contribution in [0.25, 0.3) is 0 Å². The van der Waals surface area contributed by atoms with Gasteiger partial charge in [0.05, 0.1) is 12.7 Å². The van der Waals surface area contributed by atoms with E-state index in [9.17, 15) is 0 Å². The molecule has 0 amide bonds. The van der Waals surface area contributed by atoms with Gasteiger partial charge in [-0.1, -0.05) is 35.9 Å². The van der Waals surface area contributed by atoms with Gasteiger partial charge in [0.1, 0.15) is 12.4 Å². The average molecular weight is 313 g/mol. The van der Waals surface area contributed by atoms with E-state index in [1.807, 2.05) is 31.2 Å². The van der Waals surface area contributed by atoms with Crippen LogP contribution in [-0.2, 0) is 9.31 Å². The van der Waals surface area contributed by atoms with Gasteiger partial charge in [-0.05, 0) is 44.5 Å². The molecule has 23 heavy (non-hydrogen) atoms. The molecule has 0 spiro atoms. The number of likely N-dealkylation sites (N-methyl/N-ethyl adjacent to an activating group) is 1. The number of benzene rings is 1. The molecule has 0 aromatic heterocycles. The predicted molar refractivity (Wildman–Crippen MR) is 92.6 cm³/mol. The smallest absolute Gasteiger partial charge is 0.491 e. The number of nitrogens with zero attached hydrogens (tertiary/aromatic N) is 1. The normalized spacial score (nSPS) is 20.9. The minimum absolute atomic E-state index is 0.0262. The zero-order chi connectivity index (χ0) is 16.2. The Balaban J connectivity index is 1.56. The maximum atomic E-state index is 6.04. The van der Waals surface area contributed by atoms with Crippen LogP contribution < -0.4 is 4.74 Å². The van der Waals surface area contributed by atoms with Crippen LogP contribution in [-0.4, -0.2) is 52.0 Å². The second-order valence-corrected chi connectivity index (χ2v) is 6.40. The lowest BCUT2D eigenvalue weighted by Gasteiger charge is -2.15. The molecule has 1 saturated heterocycles. The van der Waals surface area contributed by atoms with Crippen LogP contribution in [0.1, 0.15) is 12.0 Å². The summed E-state index contributed by atoms with van der Waals surface area (Å²) in [7, 11) is 3.91. The molecule has 1 aromatic carbocycles. The minimum Gasteiger partial charge on any atom is -0.491 e. The van der Waals surface area contributed by atoms with Crippen molar-refractivity contribution >= 4 is 7.12 Å². The van der Waals surface area contributed by atoms with Crippen LogP contribution in [0.15, 0.2) is 47.5 Å². The van der Waals surface area contributed by atoms with Gasteiger partial charge in [0.2, 0.25) is 0 Å². The Morgan fingerprint density at radius 1 is 1.30 bits per heavy atom. The molecule has 0 radical (unpaired) electrons. The highest BCUT2D eigenvalue weighted by molar-refractivity contribution is 6.55. The Labute approximate surface area is 138 Å². The Morgan fingerprint density at radius 3 is 2.91 bits per heavy atom. The van der Waals surface area contributed by atoms with Crippen molar-refractivity contribution < 1.29 is 14.0 Å². The first-order chi connectivity index (χ1) is 11.1. The summed E-state index contributed by atoms with van der Waals surface area (Å²) < 4.78 is 17.8. The lowest BCUT2D eigenvalue weighted by atomic mass is 9.76. The van der Waals surface area contributed by atoms with E-state index in [0.717, 1.165) is 24.3 Å². The second-order valence-electron chi connectivity index (χ2n) is 6.40. The molecule has 0 saturated carbocycles. The molecule has 1 aliphatic heterocycles. The third kappa shape index (κ3) is 4.05. The summed E-state index contributed by atoms with van der Waals surface area (Å²) in [5.41, 5.74) is 3.69. The lowest BCUT2D eigenvalue weighted by Crippen LogP contribution is -2.25. The van der Waals surface area contributed by atoms with Crippen LogP contribution in [0.2, 0.25) is 0 Å². The molecule has 0 N–H and O–H groups in total. The summed E-state index contributed by atoms with van der Waals surface area (Å²) in [4.78, 5) is 2.18. The van der Waals surface area contributed by atoms with Crippen molar-refractivity contribution in [1.82, 2.24) is 4.90 Å². The molecule has 0 bridgehead atoms. The van der Waals surface area contributed by atoms with Gasteiger partial charge in [0, 0.05) is 6.54 Å². The number of aryl methyl sites for hydroxylation is 1. The summed E-state index contributed by atoms with van der Waals surface area (Å²) in [5, 5.41) is 0. The molecular formula is C18H24BNO3. The zero-order valence-electron chi connectivity index (χ0n) is 14.1. The summed E-state index contributed by atoms with van der Waals surface area (Å²) in [6.07, 6.45) is 5.27. The number of para-hydroxylation sites is 1. The van der Waals surface area contributed by atoms with E-state index in [4.69, 9.17) is 14.0 Å². The van der Waals surface area contributed by atoms with Crippen molar-refractivity contribution in [1.29, 1.82) is 0 Å². The topological polar surface area (TPSA) is 30.9 Å². The third-order valence-electron chi connectivity index (χ3n) is 4.10. The first kappa shape index (κ1) is 16.3. The summed E-state index contributed by atoms with van der Waals surface area (Å²) >= 11 is 0. The second kappa shape index (κ2) is 7.34. The van der Waals surface area contributed by atoms with E-state index in [1.54, 1.807) is 0 Å². The molecule has 5 heteroatoms. The standard InChI is InChI=1S/C18H24BNO3/c1-14-7-4-5-10-18(14)21-12-16-13-22-19(23-16)17-9-6-8-15(17)11-20(2)3/h4-7,9-10,16H,8,11-13H2,1-3H3/t16-/m1/s1. The number of rotatable bonds is 6. The van der Waals surface area contributed by atoms with E-state index in [0.29, 0.717) is 13.2 Å². The number of hydrogen-bond acceptors (Lipinski definition) is 4. The monoisotopic (exact) mass is 313 g/mol. The third-order valence-corrected chi connectivity index (χ3v) is 4.10. The van der Waals surface area contributed by atoms with Crippen molar-refractivity contribution in [2.45, 2.75) is 19.4 Å². The van der Waals surface area contributed by atoms with Gasteiger partial charge < -0.3 is 18.9 Å². The molecule has 3 rings (SSSR count). The van der Waals surface area contributed by atoms with Gasteiger partial charge in [-0.2, -0.15) is 0 Å².